The van der Waals surface area contributed by atoms with Gasteiger partial charge in [-0.1, -0.05) is 48.0 Å². The predicted octanol–water partition coefficient (Wildman–Crippen LogP) is 5.39. The van der Waals surface area contributed by atoms with E-state index in [0.29, 0.717) is 11.1 Å². The van der Waals surface area contributed by atoms with E-state index in [9.17, 15) is 18.0 Å². The lowest BCUT2D eigenvalue weighted by Gasteiger charge is -2.13. The number of hydrogen-bond acceptors (Lipinski definition) is 1. The average Bonchev–Trinajstić information content (AvgIpc) is 2.57. The molecule has 1 heterocycles. The standard InChI is InChI=1S/C19H13ClF3NO/c1-24-10-14(12-5-3-2-4-6-12)18(25)15(11-24)13-7-8-17(20)16(9-13)19(21,22)23/h2-11H,1H3. The molecule has 0 aliphatic heterocycles. The van der Waals surface area contributed by atoms with Gasteiger partial charge in [0.15, 0.2) is 5.43 Å². The highest BCUT2D eigenvalue weighted by molar-refractivity contribution is 6.31. The van der Waals surface area contributed by atoms with E-state index in [1.54, 1.807) is 42.1 Å². The Hall–Kier alpha value is -2.53. The topological polar surface area (TPSA) is 22.0 Å². The van der Waals surface area contributed by atoms with Crippen LogP contribution in [-0.4, -0.2) is 4.57 Å². The van der Waals surface area contributed by atoms with Gasteiger partial charge in [-0.05, 0) is 23.3 Å². The van der Waals surface area contributed by atoms with E-state index in [0.717, 1.165) is 12.1 Å². The second kappa shape index (κ2) is 6.41. The first kappa shape index (κ1) is 17.3. The SMILES string of the molecule is Cn1cc(-c2ccccc2)c(=O)c(-c2ccc(Cl)c(C(F)(F)F)c2)c1. The van der Waals surface area contributed by atoms with E-state index in [1.807, 2.05) is 6.07 Å². The second-order valence-corrected chi connectivity index (χ2v) is 6.05. The Bertz CT molecular complexity index is 978. The number of rotatable bonds is 2. The Morgan fingerprint density at radius 2 is 1.52 bits per heavy atom. The van der Waals surface area contributed by atoms with E-state index in [2.05, 4.69) is 0 Å². The molecule has 0 aliphatic rings. The summed E-state index contributed by atoms with van der Waals surface area (Å²) in [6.45, 7) is 0. The molecule has 0 fully saturated rings. The van der Waals surface area contributed by atoms with Crippen LogP contribution in [0.2, 0.25) is 5.02 Å². The number of aromatic nitrogens is 1. The zero-order valence-corrected chi connectivity index (χ0v) is 13.9. The number of halogens is 4. The third-order valence-electron chi connectivity index (χ3n) is 3.82. The third kappa shape index (κ3) is 3.46. The van der Waals surface area contributed by atoms with Gasteiger partial charge in [0.1, 0.15) is 0 Å². The monoisotopic (exact) mass is 363 g/mol. The van der Waals surface area contributed by atoms with Crippen molar-refractivity contribution in [3.63, 3.8) is 0 Å². The van der Waals surface area contributed by atoms with Crippen molar-refractivity contribution in [2.24, 2.45) is 7.05 Å². The second-order valence-electron chi connectivity index (χ2n) is 5.64. The quantitative estimate of drug-likeness (QED) is 0.598. The molecule has 0 bridgehead atoms. The first-order chi connectivity index (χ1) is 11.8. The number of pyridine rings is 1. The molecule has 1 aromatic heterocycles. The Morgan fingerprint density at radius 1 is 0.920 bits per heavy atom. The van der Waals surface area contributed by atoms with Crippen molar-refractivity contribution < 1.29 is 13.2 Å². The van der Waals surface area contributed by atoms with Crippen LogP contribution in [0.3, 0.4) is 0 Å². The fraction of sp³-hybridized carbons (Fsp3) is 0.105. The summed E-state index contributed by atoms with van der Waals surface area (Å²) in [6, 6.07) is 12.5. The van der Waals surface area contributed by atoms with Gasteiger partial charge in [-0.25, -0.2) is 0 Å². The van der Waals surface area contributed by atoms with Crippen molar-refractivity contribution in [3.05, 3.63) is 81.7 Å². The maximum absolute atomic E-state index is 13.1. The lowest BCUT2D eigenvalue weighted by atomic mass is 9.99. The van der Waals surface area contributed by atoms with Crippen molar-refractivity contribution in [2.45, 2.75) is 6.18 Å². The fourth-order valence-electron chi connectivity index (χ4n) is 2.65. The summed E-state index contributed by atoms with van der Waals surface area (Å²) in [6.07, 6.45) is -1.42. The Morgan fingerprint density at radius 3 is 2.12 bits per heavy atom. The normalized spacial score (nSPS) is 11.6. The molecule has 3 aromatic rings. The molecule has 3 rings (SSSR count). The van der Waals surface area contributed by atoms with Crippen molar-refractivity contribution in [3.8, 4) is 22.3 Å². The molecule has 0 N–H and O–H groups in total. The van der Waals surface area contributed by atoms with E-state index in [4.69, 9.17) is 11.6 Å². The molecule has 6 heteroatoms. The Kier molecular flexibility index (Phi) is 4.43. The first-order valence-electron chi connectivity index (χ1n) is 7.40. The smallest absolute Gasteiger partial charge is 0.356 e. The van der Waals surface area contributed by atoms with Crippen LogP contribution in [0.25, 0.3) is 22.3 Å². The predicted molar refractivity (Wildman–Crippen MR) is 92.6 cm³/mol. The molecule has 0 aliphatic carbocycles. The summed E-state index contributed by atoms with van der Waals surface area (Å²) >= 11 is 5.66. The van der Waals surface area contributed by atoms with Crippen molar-refractivity contribution >= 4 is 11.6 Å². The van der Waals surface area contributed by atoms with Crippen LogP contribution in [-0.2, 0) is 13.2 Å². The van der Waals surface area contributed by atoms with Gasteiger partial charge in [-0.15, -0.1) is 0 Å². The summed E-state index contributed by atoms with van der Waals surface area (Å²) in [4.78, 5) is 12.8. The molecule has 0 unspecified atom stereocenters. The molecule has 0 radical (unpaired) electrons. The molecule has 0 atom stereocenters. The van der Waals surface area contributed by atoms with Gasteiger partial charge in [0.05, 0.1) is 10.6 Å². The molecule has 0 amide bonds. The fourth-order valence-corrected chi connectivity index (χ4v) is 2.87. The van der Waals surface area contributed by atoms with Gasteiger partial charge in [-0.3, -0.25) is 4.79 Å². The van der Waals surface area contributed by atoms with Crippen LogP contribution in [0, 0.1) is 0 Å². The lowest BCUT2D eigenvalue weighted by molar-refractivity contribution is -0.137. The van der Waals surface area contributed by atoms with E-state index >= 15 is 0 Å². The summed E-state index contributed by atoms with van der Waals surface area (Å²) in [5, 5.41) is -0.396. The average molecular weight is 364 g/mol. The maximum atomic E-state index is 13.1. The number of alkyl halides is 3. The minimum Gasteiger partial charge on any atom is -0.356 e. The van der Waals surface area contributed by atoms with E-state index in [-0.39, 0.29) is 16.6 Å². The molecule has 0 spiro atoms. The molecule has 25 heavy (non-hydrogen) atoms. The molecular weight excluding hydrogens is 351 g/mol. The molecule has 0 saturated heterocycles. The van der Waals surface area contributed by atoms with Crippen molar-refractivity contribution in [2.75, 3.05) is 0 Å². The van der Waals surface area contributed by atoms with E-state index < -0.39 is 16.8 Å². The summed E-state index contributed by atoms with van der Waals surface area (Å²) in [5.74, 6) is 0. The van der Waals surface area contributed by atoms with Crippen LogP contribution < -0.4 is 5.43 Å². The van der Waals surface area contributed by atoms with Gasteiger partial charge < -0.3 is 4.57 Å². The van der Waals surface area contributed by atoms with Crippen LogP contribution in [0.15, 0.2) is 65.7 Å². The third-order valence-corrected chi connectivity index (χ3v) is 4.15. The van der Waals surface area contributed by atoms with Crippen LogP contribution in [0.5, 0.6) is 0 Å². The highest BCUT2D eigenvalue weighted by Crippen LogP contribution is 2.36. The van der Waals surface area contributed by atoms with Crippen LogP contribution in [0.1, 0.15) is 5.56 Å². The van der Waals surface area contributed by atoms with Gasteiger partial charge in [-0.2, -0.15) is 13.2 Å². The maximum Gasteiger partial charge on any atom is 0.417 e. The first-order valence-corrected chi connectivity index (χ1v) is 7.78. The summed E-state index contributed by atoms with van der Waals surface area (Å²) in [5.41, 5.74) is 0.193. The Labute approximate surface area is 147 Å². The molecular formula is C19H13ClF3NO. The minimum atomic E-state index is -4.59. The molecule has 2 nitrogen and oxygen atoms in total. The van der Waals surface area contributed by atoms with Crippen LogP contribution in [0.4, 0.5) is 13.2 Å². The zero-order valence-electron chi connectivity index (χ0n) is 13.1. The van der Waals surface area contributed by atoms with Crippen LogP contribution >= 0.6 is 11.6 Å². The van der Waals surface area contributed by atoms with Gasteiger partial charge in [0.25, 0.3) is 0 Å². The highest BCUT2D eigenvalue weighted by Gasteiger charge is 2.33. The lowest BCUT2D eigenvalue weighted by Crippen LogP contribution is -2.12. The zero-order chi connectivity index (χ0) is 18.2. The number of aryl methyl sites for hydroxylation is 1. The summed E-state index contributed by atoms with van der Waals surface area (Å²) in [7, 11) is 1.72. The van der Waals surface area contributed by atoms with Gasteiger partial charge in [0.2, 0.25) is 0 Å². The highest BCUT2D eigenvalue weighted by atomic mass is 35.5. The molecule has 2 aromatic carbocycles. The van der Waals surface area contributed by atoms with Gasteiger partial charge >= 0.3 is 6.18 Å². The largest absolute Gasteiger partial charge is 0.417 e. The Balaban J connectivity index is 2.23. The number of hydrogen-bond donors (Lipinski definition) is 0. The molecule has 0 saturated carbocycles. The number of nitrogens with zero attached hydrogens (tertiary/aromatic N) is 1. The summed E-state index contributed by atoms with van der Waals surface area (Å²) < 4.78 is 41.0. The molecule has 128 valence electrons. The van der Waals surface area contributed by atoms with Crippen molar-refractivity contribution in [1.29, 1.82) is 0 Å². The minimum absolute atomic E-state index is 0.176. The van der Waals surface area contributed by atoms with Gasteiger partial charge in [0, 0.05) is 30.6 Å². The number of benzene rings is 2. The van der Waals surface area contributed by atoms with E-state index in [1.165, 1.54) is 12.3 Å². The van der Waals surface area contributed by atoms with Crippen molar-refractivity contribution in [1.82, 2.24) is 4.57 Å².